The molecule has 4 N–H and O–H groups in total. The number of carboxylic acid groups (broad SMARTS) is 1. The quantitative estimate of drug-likeness (QED) is 0.273. The molecule has 4 bridgehead atoms. The third kappa shape index (κ3) is 6.19. The first-order chi connectivity index (χ1) is 22.5. The Morgan fingerprint density at radius 2 is 1.70 bits per heavy atom. The van der Waals surface area contributed by atoms with Crippen molar-refractivity contribution in [3.63, 3.8) is 0 Å². The molecule has 6 aliphatic carbocycles. The minimum atomic E-state index is -0.907. The number of aliphatic carboxylic acids is 1. The van der Waals surface area contributed by atoms with Gasteiger partial charge in [0.2, 0.25) is 17.7 Å². The van der Waals surface area contributed by atoms with E-state index in [4.69, 9.17) is 11.6 Å². The van der Waals surface area contributed by atoms with Crippen LogP contribution in [0, 0.1) is 34.5 Å². The number of amides is 3. The molecule has 8 unspecified atom stereocenters. The lowest BCUT2D eigenvalue weighted by Gasteiger charge is -2.60. The number of β-amino-alcohol motifs (C(OH)–C–C–N with tert-alkyl or cyclic N) is 1. The summed E-state index contributed by atoms with van der Waals surface area (Å²) in [6.45, 7) is 0.579. The molecular weight excluding hydrogens is 620 g/mol. The summed E-state index contributed by atoms with van der Waals surface area (Å²) in [6.07, 6.45) is 14.1. The molecule has 9 atom stereocenters. The molecule has 260 valence electrons. The Morgan fingerprint density at radius 3 is 2.43 bits per heavy atom. The SMILES string of the molecule is CN(CC1CCCCC1Cl)C(=O)C(CC1=CNC2CCCCC12)NC(=O)C1C[C@@H](O)CN1C(=O)C12CC3CC(CC(C(=O)O)(C3)C1)C2. The highest BCUT2D eigenvalue weighted by atomic mass is 35.5. The van der Waals surface area contributed by atoms with E-state index < -0.39 is 40.9 Å². The molecule has 1 saturated heterocycles. The second kappa shape index (κ2) is 12.8. The van der Waals surface area contributed by atoms with Crippen LogP contribution < -0.4 is 10.6 Å². The number of halogens is 1. The zero-order chi connectivity index (χ0) is 33.1. The van der Waals surface area contributed by atoms with Crippen molar-refractivity contribution < 1.29 is 29.4 Å². The van der Waals surface area contributed by atoms with Gasteiger partial charge in [-0.05, 0) is 100 Å². The number of carboxylic acids is 1. The molecule has 0 aromatic rings. The van der Waals surface area contributed by atoms with Crippen molar-refractivity contribution in [2.45, 2.75) is 132 Å². The highest BCUT2D eigenvalue weighted by Gasteiger charge is 2.64. The first-order valence-corrected chi connectivity index (χ1v) is 18.8. The van der Waals surface area contributed by atoms with Gasteiger partial charge in [-0.2, -0.15) is 0 Å². The van der Waals surface area contributed by atoms with Crippen LogP contribution in [0.2, 0.25) is 0 Å². The number of likely N-dealkylation sites (tertiary alicyclic amines) is 1. The fourth-order valence-electron chi connectivity index (χ4n) is 11.4. The summed E-state index contributed by atoms with van der Waals surface area (Å²) in [5.41, 5.74) is -0.533. The van der Waals surface area contributed by atoms with E-state index in [1.165, 1.54) is 11.3 Å². The van der Waals surface area contributed by atoms with E-state index in [0.717, 1.165) is 56.9 Å². The largest absolute Gasteiger partial charge is 0.481 e. The maximum Gasteiger partial charge on any atom is 0.309 e. The summed E-state index contributed by atoms with van der Waals surface area (Å²) in [5, 5.41) is 27.7. The van der Waals surface area contributed by atoms with Crippen LogP contribution >= 0.6 is 11.6 Å². The number of hydrogen-bond acceptors (Lipinski definition) is 6. The van der Waals surface area contributed by atoms with Crippen LogP contribution in [0.15, 0.2) is 11.8 Å². The second-order valence-electron chi connectivity index (χ2n) is 16.6. The van der Waals surface area contributed by atoms with Crippen molar-refractivity contribution in [2.24, 2.45) is 34.5 Å². The normalized spacial score (nSPS) is 41.1. The Balaban J connectivity index is 1.10. The zero-order valence-corrected chi connectivity index (χ0v) is 28.6. The number of fused-ring (bicyclic) bond motifs is 1. The summed E-state index contributed by atoms with van der Waals surface area (Å²) in [7, 11) is 1.80. The van der Waals surface area contributed by atoms with Crippen molar-refractivity contribution in [3.8, 4) is 0 Å². The minimum absolute atomic E-state index is 0.0289. The van der Waals surface area contributed by atoms with Crippen molar-refractivity contribution in [1.29, 1.82) is 0 Å². The molecule has 8 rings (SSSR count). The summed E-state index contributed by atoms with van der Waals surface area (Å²) in [6, 6.07) is -1.34. The van der Waals surface area contributed by atoms with Crippen LogP contribution in [0.4, 0.5) is 0 Å². The molecule has 10 nitrogen and oxygen atoms in total. The lowest BCUT2D eigenvalue weighted by atomic mass is 9.44. The third-order valence-electron chi connectivity index (χ3n) is 13.3. The molecule has 47 heavy (non-hydrogen) atoms. The fourth-order valence-corrected chi connectivity index (χ4v) is 11.8. The highest BCUT2D eigenvalue weighted by Crippen LogP contribution is 2.66. The number of hydrogen-bond donors (Lipinski definition) is 4. The Kier molecular flexibility index (Phi) is 9.07. The number of carbonyl (C=O) groups excluding carboxylic acids is 3. The molecule has 0 aromatic carbocycles. The van der Waals surface area contributed by atoms with Gasteiger partial charge in [0.25, 0.3) is 0 Å². The Bertz CT molecular complexity index is 1290. The molecule has 0 aromatic heterocycles. The number of aliphatic hydroxyl groups excluding tert-OH is 1. The van der Waals surface area contributed by atoms with Gasteiger partial charge in [0, 0.05) is 43.9 Å². The van der Waals surface area contributed by atoms with E-state index in [-0.39, 0.29) is 47.9 Å². The van der Waals surface area contributed by atoms with Crippen LogP contribution in [0.1, 0.15) is 103 Å². The topological polar surface area (TPSA) is 139 Å². The van der Waals surface area contributed by atoms with Gasteiger partial charge in [-0.25, -0.2) is 0 Å². The number of likely N-dealkylation sites (N-methyl/N-ethyl adjacent to an activating group) is 1. The van der Waals surface area contributed by atoms with Gasteiger partial charge in [-0.15, -0.1) is 11.6 Å². The lowest BCUT2D eigenvalue weighted by Crippen LogP contribution is -2.62. The maximum atomic E-state index is 14.5. The van der Waals surface area contributed by atoms with Gasteiger partial charge < -0.3 is 30.6 Å². The Morgan fingerprint density at radius 1 is 1.02 bits per heavy atom. The summed E-state index contributed by atoms with van der Waals surface area (Å²) in [4.78, 5) is 58.6. The Labute approximate surface area is 283 Å². The monoisotopic (exact) mass is 672 g/mol. The minimum Gasteiger partial charge on any atom is -0.481 e. The van der Waals surface area contributed by atoms with E-state index >= 15 is 0 Å². The van der Waals surface area contributed by atoms with Crippen molar-refractivity contribution >= 4 is 35.3 Å². The third-order valence-corrected chi connectivity index (χ3v) is 13.9. The van der Waals surface area contributed by atoms with Gasteiger partial charge in [-0.3, -0.25) is 19.2 Å². The van der Waals surface area contributed by atoms with E-state index in [9.17, 15) is 29.4 Å². The van der Waals surface area contributed by atoms with Gasteiger partial charge in [-0.1, -0.05) is 25.7 Å². The number of aliphatic hydroxyl groups is 1. The van der Waals surface area contributed by atoms with Crippen LogP contribution in [-0.4, -0.2) is 93.4 Å². The van der Waals surface area contributed by atoms with E-state index in [1.54, 1.807) is 11.9 Å². The van der Waals surface area contributed by atoms with Crippen LogP contribution in [0.3, 0.4) is 0 Å². The molecule has 2 heterocycles. The number of nitrogens with zero attached hydrogens (tertiary/aromatic N) is 2. The molecule has 3 amide bonds. The molecule has 7 fully saturated rings. The summed E-state index contributed by atoms with van der Waals surface area (Å²) >= 11 is 6.67. The van der Waals surface area contributed by atoms with Crippen LogP contribution in [0.5, 0.6) is 0 Å². The Hall–Kier alpha value is -2.33. The first kappa shape index (κ1) is 33.2. The highest BCUT2D eigenvalue weighted by molar-refractivity contribution is 6.20. The molecule has 0 radical (unpaired) electrons. The zero-order valence-electron chi connectivity index (χ0n) is 27.8. The van der Waals surface area contributed by atoms with E-state index in [2.05, 4.69) is 10.6 Å². The maximum absolute atomic E-state index is 14.5. The molecule has 2 aliphatic heterocycles. The average molecular weight is 673 g/mol. The molecule has 8 aliphatic rings. The molecular formula is C36H53ClN4O6. The van der Waals surface area contributed by atoms with Crippen LogP contribution in [-0.2, 0) is 19.2 Å². The van der Waals surface area contributed by atoms with E-state index in [1.807, 2.05) is 6.20 Å². The van der Waals surface area contributed by atoms with E-state index in [0.29, 0.717) is 57.0 Å². The van der Waals surface area contributed by atoms with Gasteiger partial charge >= 0.3 is 5.97 Å². The van der Waals surface area contributed by atoms with Gasteiger partial charge in [0.15, 0.2) is 0 Å². The second-order valence-corrected chi connectivity index (χ2v) is 17.2. The molecule has 0 spiro atoms. The smallest absolute Gasteiger partial charge is 0.309 e. The summed E-state index contributed by atoms with van der Waals surface area (Å²) in [5.74, 6) is -0.631. The van der Waals surface area contributed by atoms with Crippen LogP contribution in [0.25, 0.3) is 0 Å². The first-order valence-electron chi connectivity index (χ1n) is 18.3. The number of nitrogens with one attached hydrogen (secondary N) is 2. The van der Waals surface area contributed by atoms with Crippen molar-refractivity contribution in [1.82, 2.24) is 20.4 Å². The average Bonchev–Trinajstić information content (AvgIpc) is 3.63. The van der Waals surface area contributed by atoms with Crippen molar-refractivity contribution in [2.75, 3.05) is 20.1 Å². The number of carbonyl (C=O) groups is 4. The number of rotatable bonds is 9. The fraction of sp³-hybridized carbons (Fsp3) is 0.833. The van der Waals surface area contributed by atoms with Gasteiger partial charge in [0.05, 0.1) is 16.9 Å². The predicted molar refractivity (Wildman–Crippen MR) is 176 cm³/mol. The van der Waals surface area contributed by atoms with Crippen molar-refractivity contribution in [3.05, 3.63) is 11.8 Å². The standard InChI is InChI=1S/C36H53ClN4O6/c1-40(18-23-6-2-4-8-27(23)37)32(44)29(11-24-17-38-28-9-5-3-7-26(24)28)39-31(43)30-12-25(42)19-41(30)33(45)35-13-21-10-22(14-35)16-36(15-21,20-35)34(46)47/h17,21-23,25-30,38,42H,2-16,18-20H2,1H3,(H,39,43)(H,46,47)/t21?,22?,23?,25-,26?,27?,28?,29?,30?,35?,36?/m1/s1. The lowest BCUT2D eigenvalue weighted by molar-refractivity contribution is -0.184. The van der Waals surface area contributed by atoms with Gasteiger partial charge in [0.1, 0.15) is 12.1 Å². The molecule has 6 saturated carbocycles. The predicted octanol–water partition coefficient (Wildman–Crippen LogP) is 3.80. The molecule has 11 heteroatoms. The summed E-state index contributed by atoms with van der Waals surface area (Å²) < 4.78 is 0. The number of alkyl halides is 1.